The van der Waals surface area contributed by atoms with E-state index in [0.717, 1.165) is 21.4 Å². The number of carbonyl (C=O) groups excluding carboxylic acids is 1. The minimum Gasteiger partial charge on any atom is -0.345 e. The van der Waals surface area contributed by atoms with Crippen LogP contribution in [0, 0.1) is 10.1 Å². The highest BCUT2D eigenvalue weighted by Gasteiger charge is 2.17. The summed E-state index contributed by atoms with van der Waals surface area (Å²) < 4.78 is 0.966. The van der Waals surface area contributed by atoms with Crippen LogP contribution in [0.5, 0.6) is 0 Å². The molecule has 0 aliphatic heterocycles. The first-order valence-corrected chi connectivity index (χ1v) is 7.39. The van der Waals surface area contributed by atoms with E-state index in [1.165, 1.54) is 12.1 Å². The van der Waals surface area contributed by atoms with Crippen molar-refractivity contribution in [2.45, 2.75) is 13.0 Å². The Hall–Kier alpha value is -1.73. The summed E-state index contributed by atoms with van der Waals surface area (Å²) in [5, 5.41) is 13.4. The van der Waals surface area contributed by atoms with E-state index in [0.29, 0.717) is 4.88 Å². The number of carbonyl (C=O) groups is 1. The Morgan fingerprint density at radius 2 is 1.95 bits per heavy atom. The molecule has 0 saturated heterocycles. The minimum absolute atomic E-state index is 0.0357. The first kappa shape index (κ1) is 14.7. The van der Waals surface area contributed by atoms with Gasteiger partial charge in [-0.3, -0.25) is 14.9 Å². The van der Waals surface area contributed by atoms with Gasteiger partial charge in [-0.1, -0.05) is 39.4 Å². The minimum atomic E-state index is -0.500. The van der Waals surface area contributed by atoms with Crippen molar-refractivity contribution in [2.75, 3.05) is 0 Å². The second kappa shape index (κ2) is 6.15. The highest BCUT2D eigenvalue weighted by molar-refractivity contribution is 9.10. The fourth-order valence-corrected chi connectivity index (χ4v) is 2.64. The molecule has 2 aromatic rings. The van der Waals surface area contributed by atoms with Crippen molar-refractivity contribution in [3.8, 4) is 0 Å². The molecule has 1 aromatic carbocycles. The smallest absolute Gasteiger partial charge is 0.324 e. The van der Waals surface area contributed by atoms with E-state index in [-0.39, 0.29) is 17.0 Å². The van der Waals surface area contributed by atoms with Crippen molar-refractivity contribution >= 4 is 38.2 Å². The average molecular weight is 355 g/mol. The molecule has 5 nitrogen and oxygen atoms in total. The molecule has 104 valence electrons. The molecule has 0 bridgehead atoms. The molecular formula is C13H11BrN2O3S. The van der Waals surface area contributed by atoms with Crippen molar-refractivity contribution in [2.24, 2.45) is 0 Å². The molecule has 1 heterocycles. The molecule has 7 heteroatoms. The number of nitro groups is 1. The van der Waals surface area contributed by atoms with Crippen LogP contribution in [0.2, 0.25) is 0 Å². The van der Waals surface area contributed by atoms with Gasteiger partial charge in [0.15, 0.2) is 0 Å². The summed E-state index contributed by atoms with van der Waals surface area (Å²) in [6, 6.07) is 10.2. The summed E-state index contributed by atoms with van der Waals surface area (Å²) in [5.74, 6) is -0.307. The number of halogens is 1. The molecule has 1 atom stereocenters. The third-order valence-corrected chi connectivity index (χ3v) is 4.28. The van der Waals surface area contributed by atoms with Crippen LogP contribution in [-0.2, 0) is 0 Å². The van der Waals surface area contributed by atoms with Crippen LogP contribution >= 0.6 is 27.3 Å². The fraction of sp³-hybridized carbons (Fsp3) is 0.154. The Balaban J connectivity index is 2.06. The van der Waals surface area contributed by atoms with E-state index in [9.17, 15) is 14.9 Å². The highest BCUT2D eigenvalue weighted by atomic mass is 79.9. The lowest BCUT2D eigenvalue weighted by atomic mass is 10.1. The lowest BCUT2D eigenvalue weighted by Gasteiger charge is -2.13. The van der Waals surface area contributed by atoms with E-state index in [1.54, 1.807) is 0 Å². The topological polar surface area (TPSA) is 72.2 Å². The first-order chi connectivity index (χ1) is 9.47. The van der Waals surface area contributed by atoms with Crippen molar-refractivity contribution in [1.29, 1.82) is 0 Å². The number of hydrogen-bond acceptors (Lipinski definition) is 4. The van der Waals surface area contributed by atoms with Crippen LogP contribution in [0.25, 0.3) is 0 Å². The van der Waals surface area contributed by atoms with Gasteiger partial charge in [-0.05, 0) is 30.7 Å². The van der Waals surface area contributed by atoms with Gasteiger partial charge in [-0.25, -0.2) is 0 Å². The maximum Gasteiger partial charge on any atom is 0.324 e. The van der Waals surface area contributed by atoms with Crippen molar-refractivity contribution < 1.29 is 9.72 Å². The summed E-state index contributed by atoms with van der Waals surface area (Å²) in [7, 11) is 0. The van der Waals surface area contributed by atoms with Gasteiger partial charge in [0.05, 0.1) is 15.8 Å². The van der Waals surface area contributed by atoms with E-state index in [4.69, 9.17) is 0 Å². The van der Waals surface area contributed by atoms with Crippen molar-refractivity contribution in [1.82, 2.24) is 5.32 Å². The molecule has 0 saturated carbocycles. The van der Waals surface area contributed by atoms with Crippen LogP contribution in [0.15, 0.2) is 40.9 Å². The molecule has 1 amide bonds. The number of rotatable bonds is 4. The number of hydrogen-bond donors (Lipinski definition) is 1. The van der Waals surface area contributed by atoms with Gasteiger partial charge in [0.25, 0.3) is 5.91 Å². The Morgan fingerprint density at radius 3 is 2.50 bits per heavy atom. The fourth-order valence-electron chi connectivity index (χ4n) is 1.65. The molecule has 1 N–H and O–H groups in total. The molecule has 0 radical (unpaired) electrons. The summed E-state index contributed by atoms with van der Waals surface area (Å²) in [5.41, 5.74) is 0.965. The van der Waals surface area contributed by atoms with Crippen LogP contribution < -0.4 is 5.32 Å². The molecule has 0 aliphatic carbocycles. The number of thiophene rings is 1. The molecule has 20 heavy (non-hydrogen) atoms. The van der Waals surface area contributed by atoms with E-state index < -0.39 is 4.92 Å². The molecule has 0 aliphatic rings. The number of amides is 1. The first-order valence-electron chi connectivity index (χ1n) is 5.78. The predicted molar refractivity (Wildman–Crippen MR) is 81.0 cm³/mol. The molecule has 0 spiro atoms. The molecule has 1 unspecified atom stereocenters. The molecule has 2 rings (SSSR count). The van der Waals surface area contributed by atoms with Gasteiger partial charge in [-0.2, -0.15) is 0 Å². The Labute approximate surface area is 127 Å². The Kier molecular flexibility index (Phi) is 4.51. The SMILES string of the molecule is CC(NC(=O)c1ccc([N+](=O)[O-])s1)c1ccc(Br)cc1. The highest BCUT2D eigenvalue weighted by Crippen LogP contribution is 2.24. The second-order valence-electron chi connectivity index (χ2n) is 4.14. The zero-order valence-electron chi connectivity index (χ0n) is 10.5. The monoisotopic (exact) mass is 354 g/mol. The standard InChI is InChI=1S/C13H11BrN2O3S/c1-8(9-2-4-10(14)5-3-9)15-13(17)11-6-7-12(20-11)16(18)19/h2-8H,1H3,(H,15,17). The third-order valence-electron chi connectivity index (χ3n) is 2.71. The van der Waals surface area contributed by atoms with Gasteiger partial charge in [-0.15, -0.1) is 0 Å². The lowest BCUT2D eigenvalue weighted by Crippen LogP contribution is -2.25. The maximum atomic E-state index is 12.0. The molecule has 1 aromatic heterocycles. The maximum absolute atomic E-state index is 12.0. The van der Waals surface area contributed by atoms with Gasteiger partial charge in [0, 0.05) is 10.5 Å². The number of nitrogens with one attached hydrogen (secondary N) is 1. The summed E-state index contributed by atoms with van der Waals surface area (Å²) in [6.07, 6.45) is 0. The lowest BCUT2D eigenvalue weighted by molar-refractivity contribution is -0.380. The summed E-state index contributed by atoms with van der Waals surface area (Å²) >= 11 is 4.22. The molecular weight excluding hydrogens is 344 g/mol. The normalized spacial score (nSPS) is 11.9. The van der Waals surface area contributed by atoms with Crippen molar-refractivity contribution in [3.05, 3.63) is 61.4 Å². The largest absolute Gasteiger partial charge is 0.345 e. The molecule has 0 fully saturated rings. The average Bonchev–Trinajstić information content (AvgIpc) is 2.89. The van der Waals surface area contributed by atoms with Crippen LogP contribution in [0.1, 0.15) is 28.2 Å². The Morgan fingerprint density at radius 1 is 1.30 bits per heavy atom. The van der Waals surface area contributed by atoms with Crippen LogP contribution in [0.4, 0.5) is 5.00 Å². The third kappa shape index (κ3) is 3.43. The zero-order chi connectivity index (χ0) is 14.7. The summed E-state index contributed by atoms with van der Waals surface area (Å²) in [4.78, 5) is 22.4. The number of benzene rings is 1. The predicted octanol–water partition coefficient (Wildman–Crippen LogP) is 3.91. The van der Waals surface area contributed by atoms with E-state index in [2.05, 4.69) is 21.2 Å². The number of nitrogens with zero attached hydrogens (tertiary/aromatic N) is 1. The Bertz CT molecular complexity index is 639. The quantitative estimate of drug-likeness (QED) is 0.668. The van der Waals surface area contributed by atoms with Gasteiger partial charge < -0.3 is 5.32 Å². The summed E-state index contributed by atoms with van der Waals surface area (Å²) in [6.45, 7) is 1.86. The van der Waals surface area contributed by atoms with Crippen LogP contribution in [-0.4, -0.2) is 10.8 Å². The zero-order valence-corrected chi connectivity index (χ0v) is 12.9. The van der Waals surface area contributed by atoms with Crippen LogP contribution in [0.3, 0.4) is 0 Å². The van der Waals surface area contributed by atoms with Gasteiger partial charge >= 0.3 is 5.00 Å². The van der Waals surface area contributed by atoms with Gasteiger partial charge in [0.1, 0.15) is 0 Å². The van der Waals surface area contributed by atoms with Gasteiger partial charge in [0.2, 0.25) is 0 Å². The van der Waals surface area contributed by atoms with Crippen molar-refractivity contribution in [3.63, 3.8) is 0 Å². The van der Waals surface area contributed by atoms with E-state index in [1.807, 2.05) is 31.2 Å². The van der Waals surface area contributed by atoms with E-state index >= 15 is 0 Å². The second-order valence-corrected chi connectivity index (χ2v) is 6.12.